The number of carbonyl (C=O) groups excluding carboxylic acids is 2. The third kappa shape index (κ3) is 4.73. The molecule has 0 amide bonds. The number of benzene rings is 2. The van der Waals surface area contributed by atoms with Gasteiger partial charge in [-0.2, -0.15) is 0 Å². The molecule has 0 aliphatic rings. The van der Waals surface area contributed by atoms with E-state index in [1.165, 1.54) is 0 Å². The zero-order valence-electron chi connectivity index (χ0n) is 13.8. The normalized spacial score (nSPS) is 12.3. The van der Waals surface area contributed by atoms with Gasteiger partial charge in [0.1, 0.15) is 6.61 Å². The predicted octanol–water partition coefficient (Wildman–Crippen LogP) is 0.872. The van der Waals surface area contributed by atoms with Crippen molar-refractivity contribution in [2.75, 3.05) is 6.61 Å². The zero-order chi connectivity index (χ0) is 19.2. The van der Waals surface area contributed by atoms with E-state index < -0.39 is 44.0 Å². The van der Waals surface area contributed by atoms with Crippen LogP contribution in [0.2, 0.25) is 0 Å². The smallest absolute Gasteiger partial charge is 0.305 e. The first-order valence-corrected chi connectivity index (χ1v) is 9.37. The Labute approximate surface area is 150 Å². The molecule has 0 bridgehead atoms. The number of nitrogens with two attached hydrogens (primary N) is 1. The van der Waals surface area contributed by atoms with Crippen LogP contribution in [0.15, 0.2) is 60.7 Å². The molecule has 7 nitrogen and oxygen atoms in total. The third-order valence-corrected chi connectivity index (χ3v) is 6.02. The maximum absolute atomic E-state index is 13.5. The number of carbonyl (C=O) groups is 3. The van der Waals surface area contributed by atoms with Crippen molar-refractivity contribution in [3.8, 4) is 0 Å². The predicted molar refractivity (Wildman–Crippen MR) is 96.0 cm³/mol. The molecular formula is C18H18NO6P. The fourth-order valence-electron chi connectivity index (χ4n) is 2.25. The summed E-state index contributed by atoms with van der Waals surface area (Å²) < 4.78 is 18.9. The van der Waals surface area contributed by atoms with Gasteiger partial charge in [-0.25, -0.2) is 0 Å². The molecule has 8 heteroatoms. The van der Waals surface area contributed by atoms with Gasteiger partial charge < -0.3 is 15.4 Å². The van der Waals surface area contributed by atoms with Crippen LogP contribution in [-0.2, 0) is 23.5 Å². The Hall–Kier alpha value is -2.60. The highest BCUT2D eigenvalue weighted by Gasteiger charge is 2.31. The second-order valence-corrected chi connectivity index (χ2v) is 7.88. The summed E-state index contributed by atoms with van der Waals surface area (Å²) in [7, 11) is -3.61. The molecule has 2 aromatic carbocycles. The Balaban J connectivity index is 2.21. The standard InChI is InChI=1S/C18H18NO6P/c19-15(11-17(21)22)18(23)16(20)12-25-26(24,13-7-3-1-4-8-13)14-9-5-2-6-10-14/h1-10,15H,11-12,19H2,(H,21,22). The van der Waals surface area contributed by atoms with E-state index in [1.54, 1.807) is 60.7 Å². The van der Waals surface area contributed by atoms with Crippen LogP contribution in [0.3, 0.4) is 0 Å². The maximum Gasteiger partial charge on any atom is 0.305 e. The Morgan fingerprint density at radius 2 is 1.42 bits per heavy atom. The molecule has 0 saturated carbocycles. The molecule has 0 heterocycles. The second kappa shape index (κ2) is 8.67. The van der Waals surface area contributed by atoms with Crippen LogP contribution in [0.4, 0.5) is 0 Å². The molecule has 1 unspecified atom stereocenters. The van der Waals surface area contributed by atoms with Gasteiger partial charge in [-0.15, -0.1) is 0 Å². The Kier molecular flexibility index (Phi) is 6.58. The van der Waals surface area contributed by atoms with Gasteiger partial charge in [-0.05, 0) is 24.3 Å². The summed E-state index contributed by atoms with van der Waals surface area (Å²) in [6.07, 6.45) is -0.667. The van der Waals surface area contributed by atoms with Crippen molar-refractivity contribution in [2.24, 2.45) is 5.73 Å². The maximum atomic E-state index is 13.5. The third-order valence-electron chi connectivity index (χ3n) is 3.58. The summed E-state index contributed by atoms with van der Waals surface area (Å²) in [5.74, 6) is -3.38. The number of carboxylic acid groups (broad SMARTS) is 1. The molecule has 0 spiro atoms. The fraction of sp³-hybridized carbons (Fsp3) is 0.167. The van der Waals surface area contributed by atoms with Gasteiger partial charge in [0.25, 0.3) is 7.37 Å². The highest BCUT2D eigenvalue weighted by atomic mass is 31.2. The van der Waals surface area contributed by atoms with E-state index in [1.807, 2.05) is 0 Å². The van der Waals surface area contributed by atoms with Gasteiger partial charge >= 0.3 is 5.97 Å². The highest BCUT2D eigenvalue weighted by molar-refractivity contribution is 7.74. The monoisotopic (exact) mass is 375 g/mol. The molecule has 0 aliphatic heterocycles. The van der Waals surface area contributed by atoms with Gasteiger partial charge in [-0.1, -0.05) is 36.4 Å². The van der Waals surface area contributed by atoms with Crippen molar-refractivity contribution in [1.29, 1.82) is 0 Å². The van der Waals surface area contributed by atoms with E-state index >= 15 is 0 Å². The minimum Gasteiger partial charge on any atom is -0.481 e. The van der Waals surface area contributed by atoms with E-state index in [0.717, 1.165) is 0 Å². The largest absolute Gasteiger partial charge is 0.481 e. The molecule has 26 heavy (non-hydrogen) atoms. The van der Waals surface area contributed by atoms with Crippen LogP contribution < -0.4 is 16.3 Å². The van der Waals surface area contributed by atoms with Crippen molar-refractivity contribution in [3.05, 3.63) is 60.7 Å². The molecule has 0 aromatic heterocycles. The van der Waals surface area contributed by atoms with E-state index in [2.05, 4.69) is 0 Å². The number of rotatable bonds is 9. The lowest BCUT2D eigenvalue weighted by molar-refractivity contribution is -0.142. The van der Waals surface area contributed by atoms with E-state index in [9.17, 15) is 18.9 Å². The van der Waals surface area contributed by atoms with Gasteiger partial charge in [-0.3, -0.25) is 18.9 Å². The fourth-order valence-corrected chi connectivity index (χ4v) is 4.28. The van der Waals surface area contributed by atoms with E-state index in [4.69, 9.17) is 15.4 Å². The van der Waals surface area contributed by atoms with Crippen molar-refractivity contribution in [2.45, 2.75) is 12.5 Å². The van der Waals surface area contributed by atoms with Crippen molar-refractivity contribution in [1.82, 2.24) is 0 Å². The van der Waals surface area contributed by atoms with Crippen LogP contribution >= 0.6 is 7.37 Å². The van der Waals surface area contributed by atoms with Gasteiger partial charge in [0.2, 0.25) is 11.6 Å². The molecule has 2 rings (SSSR count). The summed E-state index contributed by atoms with van der Waals surface area (Å²) in [6, 6.07) is 15.2. The topological polar surface area (TPSA) is 124 Å². The second-order valence-electron chi connectivity index (χ2n) is 5.49. The van der Waals surface area contributed by atoms with Crippen molar-refractivity contribution < 1.29 is 28.6 Å². The molecule has 0 aliphatic carbocycles. The minimum absolute atomic E-state index is 0.376. The van der Waals surface area contributed by atoms with Crippen LogP contribution in [0.1, 0.15) is 6.42 Å². The van der Waals surface area contributed by atoms with Crippen LogP contribution in [-0.4, -0.2) is 35.3 Å². The lowest BCUT2D eigenvalue weighted by Crippen LogP contribution is -2.39. The molecule has 0 radical (unpaired) electrons. The zero-order valence-corrected chi connectivity index (χ0v) is 14.7. The number of hydrogen-bond acceptors (Lipinski definition) is 6. The lowest BCUT2D eigenvalue weighted by Gasteiger charge is -2.19. The molecular weight excluding hydrogens is 357 g/mol. The first-order chi connectivity index (χ1) is 12.3. The Bertz CT molecular complexity index is 794. The molecule has 1 atom stereocenters. The van der Waals surface area contributed by atoms with Crippen molar-refractivity contribution >= 4 is 35.5 Å². The van der Waals surface area contributed by atoms with Crippen LogP contribution in [0, 0.1) is 0 Å². The quantitative estimate of drug-likeness (QED) is 0.492. The Morgan fingerprint density at radius 3 is 1.85 bits per heavy atom. The highest BCUT2D eigenvalue weighted by Crippen LogP contribution is 2.44. The first kappa shape index (κ1) is 19.7. The molecule has 3 N–H and O–H groups in total. The van der Waals surface area contributed by atoms with Gasteiger partial charge in [0.15, 0.2) is 0 Å². The number of aliphatic carboxylic acids is 1. The molecule has 0 saturated heterocycles. The van der Waals surface area contributed by atoms with Gasteiger partial charge in [0.05, 0.1) is 12.5 Å². The van der Waals surface area contributed by atoms with Crippen LogP contribution in [0.5, 0.6) is 0 Å². The van der Waals surface area contributed by atoms with Crippen LogP contribution in [0.25, 0.3) is 0 Å². The minimum atomic E-state index is -3.61. The average molecular weight is 375 g/mol. The summed E-state index contributed by atoms with van der Waals surface area (Å²) in [5, 5.41) is 9.40. The van der Waals surface area contributed by atoms with Crippen molar-refractivity contribution in [3.63, 3.8) is 0 Å². The summed E-state index contributed by atoms with van der Waals surface area (Å²) in [6.45, 7) is -0.757. The summed E-state index contributed by atoms with van der Waals surface area (Å²) in [5.41, 5.74) is 5.40. The molecule has 2 aromatic rings. The number of hydrogen-bond donors (Lipinski definition) is 2. The SMILES string of the molecule is NC(CC(=O)O)C(=O)C(=O)COP(=O)(c1ccccc1)c1ccccc1. The number of Topliss-reactive ketones (excluding diaryl/α,β-unsaturated/α-hetero) is 2. The van der Waals surface area contributed by atoms with E-state index in [-0.39, 0.29) is 0 Å². The lowest BCUT2D eigenvalue weighted by atomic mass is 10.1. The number of carboxylic acids is 1. The first-order valence-electron chi connectivity index (χ1n) is 7.75. The average Bonchev–Trinajstić information content (AvgIpc) is 2.66. The summed E-state index contributed by atoms with van der Waals surface area (Å²) in [4.78, 5) is 34.5. The molecule has 136 valence electrons. The molecule has 0 fully saturated rings. The summed E-state index contributed by atoms with van der Waals surface area (Å²) >= 11 is 0. The number of ketones is 2. The van der Waals surface area contributed by atoms with E-state index in [0.29, 0.717) is 10.6 Å². The Morgan fingerprint density at radius 1 is 0.962 bits per heavy atom. The van der Waals surface area contributed by atoms with Gasteiger partial charge in [0, 0.05) is 10.6 Å².